The molecule has 1 heterocycles. The van der Waals surface area contributed by atoms with Crippen molar-refractivity contribution in [3.8, 4) is 6.08 Å². The van der Waals surface area contributed by atoms with Gasteiger partial charge in [0.1, 0.15) is 6.26 Å². The van der Waals surface area contributed by atoms with Crippen LogP contribution in [-0.4, -0.2) is 17.6 Å². The van der Waals surface area contributed by atoms with Gasteiger partial charge in [0, 0.05) is 12.6 Å². The molecule has 0 bridgehead atoms. The van der Waals surface area contributed by atoms with E-state index in [4.69, 9.17) is 9.15 Å². The summed E-state index contributed by atoms with van der Waals surface area (Å²) in [7, 11) is 0. The van der Waals surface area contributed by atoms with Gasteiger partial charge < -0.3 is 14.5 Å². The van der Waals surface area contributed by atoms with Crippen molar-refractivity contribution in [3.63, 3.8) is 0 Å². The highest BCUT2D eigenvalue weighted by atomic mass is 16.6. The number of rotatable bonds is 8. The predicted octanol–water partition coefficient (Wildman–Crippen LogP) is 2.74. The molecule has 1 N–H and O–H groups in total. The van der Waals surface area contributed by atoms with E-state index < -0.39 is 0 Å². The first-order chi connectivity index (χ1) is 8.31. The van der Waals surface area contributed by atoms with E-state index in [1.165, 1.54) is 12.8 Å². The van der Waals surface area contributed by atoms with Gasteiger partial charge in [-0.15, -0.1) is 0 Å². The van der Waals surface area contributed by atoms with Crippen LogP contribution in [-0.2, 0) is 6.54 Å². The lowest BCUT2D eigenvalue weighted by atomic mass is 10.1. The molecule has 0 unspecified atom stereocenters. The number of nitrogens with one attached hydrogen (secondary N) is 1. The molecule has 0 radical (unpaired) electrons. The molecule has 4 nitrogen and oxygen atoms in total. The second-order valence-corrected chi connectivity index (χ2v) is 4.75. The van der Waals surface area contributed by atoms with Crippen molar-refractivity contribution in [1.29, 1.82) is 0 Å². The topological polar surface area (TPSA) is 47.3 Å². The van der Waals surface area contributed by atoms with Crippen LogP contribution >= 0.6 is 0 Å². The SMILES string of the molecule is CCC(CC)COc1nc(CNC2CC2)co1. The Morgan fingerprint density at radius 1 is 1.47 bits per heavy atom. The third kappa shape index (κ3) is 4.04. The average Bonchev–Trinajstić information content (AvgIpc) is 3.07. The van der Waals surface area contributed by atoms with Gasteiger partial charge in [0.05, 0.1) is 12.3 Å². The number of nitrogens with zero attached hydrogens (tertiary/aromatic N) is 1. The van der Waals surface area contributed by atoms with Gasteiger partial charge in [0.2, 0.25) is 0 Å². The van der Waals surface area contributed by atoms with Crippen LogP contribution in [0.25, 0.3) is 0 Å². The Bertz CT molecular complexity index is 330. The molecule has 17 heavy (non-hydrogen) atoms. The van der Waals surface area contributed by atoms with Crippen molar-refractivity contribution in [2.24, 2.45) is 5.92 Å². The van der Waals surface area contributed by atoms with Crippen LogP contribution in [0.15, 0.2) is 10.7 Å². The van der Waals surface area contributed by atoms with Crippen molar-refractivity contribution in [2.45, 2.75) is 52.1 Å². The van der Waals surface area contributed by atoms with Crippen molar-refractivity contribution in [1.82, 2.24) is 10.3 Å². The fourth-order valence-corrected chi connectivity index (χ4v) is 1.69. The first-order valence-corrected chi connectivity index (χ1v) is 6.62. The van der Waals surface area contributed by atoms with Crippen LogP contribution in [0, 0.1) is 5.92 Å². The van der Waals surface area contributed by atoms with Gasteiger partial charge in [-0.05, 0) is 18.8 Å². The summed E-state index contributed by atoms with van der Waals surface area (Å²) in [5, 5.41) is 3.40. The van der Waals surface area contributed by atoms with Crippen LogP contribution in [0.1, 0.15) is 45.2 Å². The summed E-state index contributed by atoms with van der Waals surface area (Å²) in [6.45, 7) is 5.83. The third-order valence-electron chi connectivity index (χ3n) is 3.28. The molecule has 1 saturated carbocycles. The van der Waals surface area contributed by atoms with E-state index in [-0.39, 0.29) is 0 Å². The molecule has 0 saturated heterocycles. The van der Waals surface area contributed by atoms with E-state index in [0.29, 0.717) is 24.6 Å². The highest BCUT2D eigenvalue weighted by Gasteiger charge is 2.20. The normalized spacial score (nSPS) is 15.5. The van der Waals surface area contributed by atoms with Gasteiger partial charge in [0.15, 0.2) is 0 Å². The molecular weight excluding hydrogens is 216 g/mol. The molecule has 0 spiro atoms. The Kier molecular flexibility index (Phi) is 4.42. The average molecular weight is 238 g/mol. The van der Waals surface area contributed by atoms with Gasteiger partial charge in [-0.2, -0.15) is 4.98 Å². The molecule has 4 heteroatoms. The molecule has 0 aliphatic heterocycles. The maximum Gasteiger partial charge on any atom is 0.393 e. The van der Waals surface area contributed by atoms with Crippen LogP contribution in [0.5, 0.6) is 6.08 Å². The number of hydrogen-bond acceptors (Lipinski definition) is 4. The van der Waals surface area contributed by atoms with E-state index in [2.05, 4.69) is 24.1 Å². The lowest BCUT2D eigenvalue weighted by molar-refractivity contribution is 0.183. The maximum absolute atomic E-state index is 5.55. The first kappa shape index (κ1) is 12.4. The molecule has 96 valence electrons. The van der Waals surface area contributed by atoms with Crippen molar-refractivity contribution in [2.75, 3.05) is 6.61 Å². The van der Waals surface area contributed by atoms with Crippen molar-refractivity contribution < 1.29 is 9.15 Å². The zero-order chi connectivity index (χ0) is 12.1. The fraction of sp³-hybridized carbons (Fsp3) is 0.769. The summed E-state index contributed by atoms with van der Waals surface area (Å²) in [6, 6.07) is 0.695. The Hall–Kier alpha value is -1.03. The quantitative estimate of drug-likeness (QED) is 0.756. The molecule has 1 aliphatic rings. The lowest BCUT2D eigenvalue weighted by Gasteiger charge is -2.10. The predicted molar refractivity (Wildman–Crippen MR) is 65.9 cm³/mol. The van der Waals surface area contributed by atoms with Gasteiger partial charge in [-0.25, -0.2) is 0 Å². The highest BCUT2D eigenvalue weighted by Crippen LogP contribution is 2.20. The zero-order valence-corrected chi connectivity index (χ0v) is 10.7. The first-order valence-electron chi connectivity index (χ1n) is 6.62. The van der Waals surface area contributed by atoms with E-state index in [1.54, 1.807) is 6.26 Å². The van der Waals surface area contributed by atoms with Crippen LogP contribution in [0.3, 0.4) is 0 Å². The second-order valence-electron chi connectivity index (χ2n) is 4.75. The zero-order valence-electron chi connectivity index (χ0n) is 10.7. The van der Waals surface area contributed by atoms with Gasteiger partial charge in [0.25, 0.3) is 0 Å². The molecule has 0 amide bonds. The van der Waals surface area contributed by atoms with Gasteiger partial charge in [-0.3, -0.25) is 0 Å². The van der Waals surface area contributed by atoms with Crippen LogP contribution in [0.2, 0.25) is 0 Å². The molecule has 1 fully saturated rings. The molecule has 1 aromatic heterocycles. The fourth-order valence-electron chi connectivity index (χ4n) is 1.69. The number of oxazole rings is 1. The van der Waals surface area contributed by atoms with E-state index in [9.17, 15) is 0 Å². The van der Waals surface area contributed by atoms with Crippen LogP contribution in [0.4, 0.5) is 0 Å². The Labute approximate surface area is 103 Å². The Morgan fingerprint density at radius 3 is 2.88 bits per heavy atom. The Balaban J connectivity index is 1.72. The number of hydrogen-bond donors (Lipinski definition) is 1. The largest absolute Gasteiger partial charge is 0.450 e. The molecule has 0 atom stereocenters. The van der Waals surface area contributed by atoms with Gasteiger partial charge in [-0.1, -0.05) is 26.7 Å². The van der Waals surface area contributed by atoms with Crippen molar-refractivity contribution in [3.05, 3.63) is 12.0 Å². The summed E-state index contributed by atoms with van der Waals surface area (Å²) in [6.07, 6.45) is 6.92. The summed E-state index contributed by atoms with van der Waals surface area (Å²) in [5.74, 6) is 0.593. The summed E-state index contributed by atoms with van der Waals surface area (Å²) < 4.78 is 10.8. The summed E-state index contributed by atoms with van der Waals surface area (Å²) in [4.78, 5) is 4.30. The molecule has 2 rings (SSSR count). The minimum atomic E-state index is 0.407. The summed E-state index contributed by atoms with van der Waals surface area (Å²) >= 11 is 0. The monoisotopic (exact) mass is 238 g/mol. The minimum absolute atomic E-state index is 0.407. The van der Waals surface area contributed by atoms with E-state index in [1.807, 2.05) is 0 Å². The van der Waals surface area contributed by atoms with Crippen LogP contribution < -0.4 is 10.1 Å². The molecular formula is C13H22N2O2. The number of aromatic nitrogens is 1. The van der Waals surface area contributed by atoms with E-state index in [0.717, 1.165) is 25.1 Å². The standard InChI is InChI=1S/C13H22N2O2/c1-3-10(4-2)8-16-13-15-12(9-17-13)7-14-11-5-6-11/h9-11,14H,3-8H2,1-2H3. The maximum atomic E-state index is 5.55. The molecule has 1 aromatic rings. The molecule has 0 aromatic carbocycles. The molecule has 1 aliphatic carbocycles. The third-order valence-corrected chi connectivity index (χ3v) is 3.28. The van der Waals surface area contributed by atoms with Gasteiger partial charge >= 0.3 is 6.08 Å². The second kappa shape index (κ2) is 6.05. The highest BCUT2D eigenvalue weighted by molar-refractivity contribution is 5.00. The van der Waals surface area contributed by atoms with E-state index >= 15 is 0 Å². The minimum Gasteiger partial charge on any atom is -0.450 e. The Morgan fingerprint density at radius 2 is 2.24 bits per heavy atom. The smallest absolute Gasteiger partial charge is 0.393 e. The lowest BCUT2D eigenvalue weighted by Crippen LogP contribution is -2.15. The van der Waals surface area contributed by atoms with Crippen molar-refractivity contribution >= 4 is 0 Å². The number of ether oxygens (including phenoxy) is 1. The summed E-state index contributed by atoms with van der Waals surface area (Å²) in [5.41, 5.74) is 0.927.